The molecule has 1 saturated heterocycles. The third-order valence-corrected chi connectivity index (χ3v) is 5.78. The van der Waals surface area contributed by atoms with Gasteiger partial charge in [-0.05, 0) is 39.3 Å². The van der Waals surface area contributed by atoms with Crippen molar-refractivity contribution in [2.24, 2.45) is 5.92 Å². The Labute approximate surface area is 185 Å². The van der Waals surface area contributed by atoms with Crippen molar-refractivity contribution in [1.82, 2.24) is 10.2 Å². The number of carbonyl (C=O) groups is 1. The summed E-state index contributed by atoms with van der Waals surface area (Å²) in [5.41, 5.74) is 1.25. The van der Waals surface area contributed by atoms with Crippen LogP contribution < -0.4 is 20.1 Å². The summed E-state index contributed by atoms with van der Waals surface area (Å²) >= 11 is 0. The Bertz CT molecular complexity index is 727. The molecular weight excluding hydrogens is 398 g/mol. The molecule has 0 radical (unpaired) electrons. The molecule has 1 amide bonds. The third kappa shape index (κ3) is 6.72. The number of hydrogen-bond donors (Lipinski definition) is 3. The molecule has 1 aromatic carbocycles. The van der Waals surface area contributed by atoms with Crippen LogP contribution in [0, 0.1) is 5.92 Å². The molecule has 1 aromatic rings. The van der Waals surface area contributed by atoms with Gasteiger partial charge in [-0.2, -0.15) is 0 Å². The zero-order valence-electron chi connectivity index (χ0n) is 19.0. The van der Waals surface area contributed by atoms with Gasteiger partial charge in [0, 0.05) is 57.4 Å². The van der Waals surface area contributed by atoms with Gasteiger partial charge in [-0.15, -0.1) is 0 Å². The number of β-amino-alcohol motifs (C(OH)–C–C–N with tert-alkyl or cyclic N) is 1. The topological polar surface area (TPSA) is 92.3 Å². The van der Waals surface area contributed by atoms with Gasteiger partial charge in [-0.3, -0.25) is 4.79 Å². The first kappa shape index (κ1) is 23.6. The van der Waals surface area contributed by atoms with E-state index in [9.17, 15) is 9.90 Å². The molecule has 8 heteroatoms. The van der Waals surface area contributed by atoms with E-state index in [0.29, 0.717) is 43.4 Å². The van der Waals surface area contributed by atoms with Gasteiger partial charge in [0.05, 0.1) is 31.0 Å². The van der Waals surface area contributed by atoms with Crippen molar-refractivity contribution in [3.63, 3.8) is 0 Å². The van der Waals surface area contributed by atoms with Gasteiger partial charge in [0.1, 0.15) is 0 Å². The number of amides is 1. The summed E-state index contributed by atoms with van der Waals surface area (Å²) in [5, 5.41) is 16.7. The summed E-state index contributed by atoms with van der Waals surface area (Å²) in [7, 11) is 1.81. The molecule has 174 valence electrons. The maximum Gasteiger partial charge on any atom is 0.255 e. The highest BCUT2D eigenvalue weighted by Gasteiger charge is 2.28. The van der Waals surface area contributed by atoms with Crippen LogP contribution in [-0.2, 0) is 4.74 Å². The Morgan fingerprint density at radius 1 is 1.32 bits per heavy atom. The second-order valence-electron chi connectivity index (χ2n) is 8.55. The largest absolute Gasteiger partial charge is 0.489 e. The summed E-state index contributed by atoms with van der Waals surface area (Å²) < 4.78 is 17.2. The van der Waals surface area contributed by atoms with Crippen molar-refractivity contribution in [3.05, 3.63) is 17.7 Å². The summed E-state index contributed by atoms with van der Waals surface area (Å²) in [6.45, 7) is 8.80. The van der Waals surface area contributed by atoms with Crippen molar-refractivity contribution in [2.75, 3.05) is 58.4 Å². The van der Waals surface area contributed by atoms with Gasteiger partial charge >= 0.3 is 0 Å². The Morgan fingerprint density at radius 2 is 2.13 bits per heavy atom. The molecule has 0 aliphatic carbocycles. The Hall–Kier alpha value is -2.03. The molecular formula is C23H37N3O5. The fourth-order valence-electron chi connectivity index (χ4n) is 4.00. The molecule has 3 N–H and O–H groups in total. The van der Waals surface area contributed by atoms with E-state index >= 15 is 0 Å². The van der Waals surface area contributed by atoms with E-state index in [0.717, 1.165) is 44.6 Å². The lowest BCUT2D eigenvalue weighted by atomic mass is 9.93. The van der Waals surface area contributed by atoms with Gasteiger partial charge in [-0.25, -0.2) is 0 Å². The highest BCUT2D eigenvalue weighted by Crippen LogP contribution is 2.36. The van der Waals surface area contributed by atoms with Gasteiger partial charge < -0.3 is 34.9 Å². The predicted octanol–water partition coefficient (Wildman–Crippen LogP) is 2.12. The number of hydrogen-bond acceptors (Lipinski definition) is 7. The van der Waals surface area contributed by atoms with Gasteiger partial charge in [0.2, 0.25) is 0 Å². The zero-order valence-corrected chi connectivity index (χ0v) is 19.0. The Kier molecular flexibility index (Phi) is 8.80. The third-order valence-electron chi connectivity index (χ3n) is 5.78. The van der Waals surface area contributed by atoms with E-state index in [-0.39, 0.29) is 17.9 Å². The number of nitrogens with zero attached hydrogens (tertiary/aromatic N) is 1. The second kappa shape index (κ2) is 11.5. The second-order valence-corrected chi connectivity index (χ2v) is 8.55. The number of carbonyl (C=O) groups excluding carboxylic acids is 1. The van der Waals surface area contributed by atoms with Crippen LogP contribution >= 0.6 is 0 Å². The average Bonchev–Trinajstić information content (AvgIpc) is 3.00. The van der Waals surface area contributed by atoms with Crippen LogP contribution in [0.2, 0.25) is 0 Å². The number of fused-ring (bicyclic) bond motifs is 1. The molecule has 2 heterocycles. The van der Waals surface area contributed by atoms with Gasteiger partial charge in [0.25, 0.3) is 5.91 Å². The molecule has 2 aliphatic heterocycles. The monoisotopic (exact) mass is 435 g/mol. The van der Waals surface area contributed by atoms with E-state index in [1.807, 2.05) is 19.9 Å². The van der Waals surface area contributed by atoms with E-state index < -0.39 is 6.10 Å². The average molecular weight is 436 g/mol. The molecule has 0 aromatic heterocycles. The first-order valence-corrected chi connectivity index (χ1v) is 11.4. The normalized spacial score (nSPS) is 21.6. The van der Waals surface area contributed by atoms with E-state index in [4.69, 9.17) is 14.2 Å². The molecule has 3 rings (SSSR count). The number of benzene rings is 1. The fraction of sp³-hybridized carbons (Fsp3) is 0.696. The van der Waals surface area contributed by atoms with Crippen LogP contribution in [0.4, 0.5) is 5.69 Å². The lowest BCUT2D eigenvalue weighted by molar-refractivity contribution is 0.0145. The number of aliphatic hydroxyl groups excluding tert-OH is 1. The maximum atomic E-state index is 13.0. The molecule has 2 aliphatic rings. The van der Waals surface area contributed by atoms with Crippen molar-refractivity contribution in [3.8, 4) is 11.5 Å². The quantitative estimate of drug-likeness (QED) is 0.512. The van der Waals surface area contributed by atoms with Gasteiger partial charge in [0.15, 0.2) is 11.5 Å². The number of aliphatic hydroxyl groups is 1. The molecule has 0 bridgehead atoms. The summed E-state index contributed by atoms with van der Waals surface area (Å²) in [6, 6.07) is 3.63. The molecule has 1 fully saturated rings. The van der Waals surface area contributed by atoms with Gasteiger partial charge in [-0.1, -0.05) is 0 Å². The lowest BCUT2D eigenvalue weighted by Crippen LogP contribution is -2.48. The standard InChI is InChI=1S/C23H37N3O5/c1-16(2)29-9-4-7-26-8-6-17(20(27)15-26)14-25-23(28)19-12-18(24-3)13-21-22(19)31-11-5-10-30-21/h12-13,16-17,20,24,27H,4-11,14-15H2,1-3H3,(H,25,28)/t17-,20+/m0/s1. The van der Waals surface area contributed by atoms with Crippen molar-refractivity contribution in [2.45, 2.75) is 45.3 Å². The minimum Gasteiger partial charge on any atom is -0.489 e. The van der Waals surface area contributed by atoms with Crippen molar-refractivity contribution in [1.29, 1.82) is 0 Å². The number of likely N-dealkylation sites (tertiary alicyclic amines) is 1. The molecule has 0 unspecified atom stereocenters. The maximum absolute atomic E-state index is 13.0. The minimum atomic E-state index is -0.458. The van der Waals surface area contributed by atoms with Crippen molar-refractivity contribution < 1.29 is 24.1 Å². The molecule has 2 atom stereocenters. The van der Waals surface area contributed by atoms with E-state index in [2.05, 4.69) is 15.5 Å². The van der Waals surface area contributed by atoms with Crippen LogP contribution in [0.5, 0.6) is 11.5 Å². The number of nitrogens with one attached hydrogen (secondary N) is 2. The number of ether oxygens (including phenoxy) is 3. The molecule has 0 spiro atoms. The zero-order chi connectivity index (χ0) is 22.2. The Balaban J connectivity index is 1.52. The summed E-state index contributed by atoms with van der Waals surface area (Å²) in [4.78, 5) is 15.2. The van der Waals surface area contributed by atoms with Crippen LogP contribution in [0.1, 0.15) is 43.5 Å². The highest BCUT2D eigenvalue weighted by molar-refractivity contribution is 5.99. The number of piperidine rings is 1. The van der Waals surface area contributed by atoms with Crippen LogP contribution in [0.15, 0.2) is 12.1 Å². The number of rotatable bonds is 9. The highest BCUT2D eigenvalue weighted by atomic mass is 16.5. The van der Waals surface area contributed by atoms with Crippen LogP contribution in [0.3, 0.4) is 0 Å². The van der Waals surface area contributed by atoms with E-state index in [1.165, 1.54) is 0 Å². The summed E-state index contributed by atoms with van der Waals surface area (Å²) in [6.07, 6.45) is 2.38. The van der Waals surface area contributed by atoms with E-state index in [1.54, 1.807) is 13.1 Å². The Morgan fingerprint density at radius 3 is 2.87 bits per heavy atom. The lowest BCUT2D eigenvalue weighted by Gasteiger charge is -2.36. The summed E-state index contributed by atoms with van der Waals surface area (Å²) in [5.74, 6) is 0.909. The smallest absolute Gasteiger partial charge is 0.255 e. The molecule has 0 saturated carbocycles. The predicted molar refractivity (Wildman–Crippen MR) is 120 cm³/mol. The molecule has 8 nitrogen and oxygen atoms in total. The first-order valence-electron chi connectivity index (χ1n) is 11.4. The minimum absolute atomic E-state index is 0.0374. The van der Waals surface area contributed by atoms with Crippen LogP contribution in [-0.4, -0.2) is 81.2 Å². The number of anilines is 1. The first-order chi connectivity index (χ1) is 15.0. The fourth-order valence-corrected chi connectivity index (χ4v) is 4.00. The van der Waals surface area contributed by atoms with Crippen molar-refractivity contribution >= 4 is 11.6 Å². The van der Waals surface area contributed by atoms with Crippen LogP contribution in [0.25, 0.3) is 0 Å². The molecule has 31 heavy (non-hydrogen) atoms. The SMILES string of the molecule is CNc1cc2c(c(C(=O)NC[C@@H]3CCN(CCCOC(C)C)C[C@H]3O)c1)OCCCO2.